The van der Waals surface area contributed by atoms with Crippen LogP contribution in [0.25, 0.3) is 0 Å². The van der Waals surface area contributed by atoms with E-state index < -0.39 is 6.10 Å². The molecule has 0 spiro atoms. The number of nitrogens with one attached hydrogen (secondary N) is 1. The number of esters is 1. The molecule has 1 unspecified atom stereocenters. The van der Waals surface area contributed by atoms with Crippen molar-refractivity contribution in [2.24, 2.45) is 0 Å². The molecule has 0 aliphatic heterocycles. The van der Waals surface area contributed by atoms with Crippen molar-refractivity contribution in [3.63, 3.8) is 0 Å². The van der Waals surface area contributed by atoms with Gasteiger partial charge in [0.1, 0.15) is 5.75 Å². The van der Waals surface area contributed by atoms with Gasteiger partial charge in [-0.25, -0.2) is 0 Å². The summed E-state index contributed by atoms with van der Waals surface area (Å²) in [5.41, 5.74) is 0.521. The number of rotatable bonds is 7. The second-order valence-corrected chi connectivity index (χ2v) is 4.98. The van der Waals surface area contributed by atoms with Crippen molar-refractivity contribution in [2.75, 3.05) is 6.54 Å². The first-order chi connectivity index (χ1) is 10.4. The Bertz CT molecular complexity index is 546. The highest BCUT2D eigenvalue weighted by atomic mass is 16.5. The minimum atomic E-state index is -0.700. The van der Waals surface area contributed by atoms with Crippen LogP contribution in [0.3, 0.4) is 0 Å². The molecule has 0 fully saturated rings. The zero-order chi connectivity index (χ0) is 16.5. The number of nitrogens with zero attached hydrogens (tertiary/aromatic N) is 1. The van der Waals surface area contributed by atoms with Gasteiger partial charge in [0.05, 0.1) is 24.2 Å². The Morgan fingerprint density at radius 3 is 2.41 bits per heavy atom. The zero-order valence-corrected chi connectivity index (χ0v) is 13.0. The number of hydrogen-bond acceptors (Lipinski definition) is 5. The third-order valence-corrected chi connectivity index (χ3v) is 2.66. The first kappa shape index (κ1) is 17.5. The molecule has 1 N–H and O–H groups in total. The van der Waals surface area contributed by atoms with E-state index in [0.29, 0.717) is 11.3 Å². The Labute approximate surface area is 130 Å². The Morgan fingerprint density at radius 1 is 1.23 bits per heavy atom. The maximum atomic E-state index is 11.8. The number of benzene rings is 1. The largest absolute Gasteiger partial charge is 0.481 e. The maximum absolute atomic E-state index is 11.8. The van der Waals surface area contributed by atoms with E-state index in [1.165, 1.54) is 0 Å². The van der Waals surface area contributed by atoms with Gasteiger partial charge in [-0.2, -0.15) is 5.26 Å². The van der Waals surface area contributed by atoms with Crippen LogP contribution in [0, 0.1) is 11.3 Å². The lowest BCUT2D eigenvalue weighted by Crippen LogP contribution is -2.37. The van der Waals surface area contributed by atoms with Gasteiger partial charge in [-0.1, -0.05) is 0 Å². The Balaban J connectivity index is 2.35. The molecule has 1 atom stereocenters. The molecule has 6 nitrogen and oxygen atoms in total. The lowest BCUT2D eigenvalue weighted by molar-refractivity contribution is -0.147. The highest BCUT2D eigenvalue weighted by molar-refractivity contribution is 5.81. The SMILES string of the molecule is CC(C)OC(=O)CCNC(=O)C(C)Oc1ccc(C#N)cc1. The lowest BCUT2D eigenvalue weighted by atomic mass is 10.2. The van der Waals surface area contributed by atoms with Gasteiger partial charge in [-0.3, -0.25) is 9.59 Å². The highest BCUT2D eigenvalue weighted by Gasteiger charge is 2.15. The van der Waals surface area contributed by atoms with Crippen LogP contribution in [0.15, 0.2) is 24.3 Å². The fraction of sp³-hybridized carbons (Fsp3) is 0.438. The average Bonchev–Trinajstić information content (AvgIpc) is 2.47. The normalized spacial score (nSPS) is 11.4. The fourth-order valence-electron chi connectivity index (χ4n) is 1.62. The van der Waals surface area contributed by atoms with Crippen LogP contribution in [0.5, 0.6) is 5.75 Å². The van der Waals surface area contributed by atoms with Gasteiger partial charge in [-0.15, -0.1) is 0 Å². The van der Waals surface area contributed by atoms with Crippen molar-refractivity contribution in [3.8, 4) is 11.8 Å². The number of nitriles is 1. The second kappa shape index (κ2) is 8.67. The summed E-state index contributed by atoms with van der Waals surface area (Å²) in [6.45, 7) is 5.35. The number of carbonyl (C=O) groups excluding carboxylic acids is 2. The Morgan fingerprint density at radius 2 is 1.86 bits per heavy atom. The topological polar surface area (TPSA) is 88.4 Å². The van der Waals surface area contributed by atoms with Crippen LogP contribution < -0.4 is 10.1 Å². The molecule has 1 rings (SSSR count). The third-order valence-electron chi connectivity index (χ3n) is 2.66. The first-order valence-corrected chi connectivity index (χ1v) is 7.06. The number of carbonyl (C=O) groups is 2. The molecule has 0 aliphatic carbocycles. The summed E-state index contributed by atoms with van der Waals surface area (Å²) in [6.07, 6.45) is -0.746. The zero-order valence-electron chi connectivity index (χ0n) is 13.0. The number of ether oxygens (including phenoxy) is 2. The van der Waals surface area contributed by atoms with Crippen molar-refractivity contribution in [1.29, 1.82) is 5.26 Å². The molecule has 1 amide bonds. The van der Waals surface area contributed by atoms with Crippen LogP contribution in [0.1, 0.15) is 32.8 Å². The molecule has 118 valence electrons. The second-order valence-electron chi connectivity index (χ2n) is 4.98. The molecule has 0 saturated carbocycles. The van der Waals surface area contributed by atoms with E-state index in [1.54, 1.807) is 45.0 Å². The summed E-state index contributed by atoms with van der Waals surface area (Å²) in [6, 6.07) is 8.48. The maximum Gasteiger partial charge on any atom is 0.307 e. The standard InChI is InChI=1S/C16H20N2O4/c1-11(2)21-15(19)8-9-18-16(20)12(3)22-14-6-4-13(10-17)5-7-14/h4-7,11-12H,8-9H2,1-3H3,(H,18,20). The first-order valence-electron chi connectivity index (χ1n) is 7.06. The van der Waals surface area contributed by atoms with Gasteiger partial charge in [0.2, 0.25) is 0 Å². The van der Waals surface area contributed by atoms with Crippen molar-refractivity contribution in [1.82, 2.24) is 5.32 Å². The fourth-order valence-corrected chi connectivity index (χ4v) is 1.62. The van der Waals surface area contributed by atoms with Crippen LogP contribution in [-0.2, 0) is 14.3 Å². The molecular weight excluding hydrogens is 284 g/mol. The molecule has 0 radical (unpaired) electrons. The molecule has 6 heteroatoms. The minimum absolute atomic E-state index is 0.119. The minimum Gasteiger partial charge on any atom is -0.481 e. The van der Waals surface area contributed by atoms with E-state index in [1.807, 2.05) is 6.07 Å². The third kappa shape index (κ3) is 6.27. The lowest BCUT2D eigenvalue weighted by Gasteiger charge is -2.15. The van der Waals surface area contributed by atoms with Crippen LogP contribution in [-0.4, -0.2) is 30.6 Å². The Kier molecular flexibility index (Phi) is 6.90. The van der Waals surface area contributed by atoms with Gasteiger partial charge < -0.3 is 14.8 Å². The van der Waals surface area contributed by atoms with Gasteiger partial charge in [-0.05, 0) is 45.0 Å². The quantitative estimate of drug-likeness (QED) is 0.776. The van der Waals surface area contributed by atoms with E-state index in [2.05, 4.69) is 5.32 Å². The van der Waals surface area contributed by atoms with Crippen molar-refractivity contribution in [3.05, 3.63) is 29.8 Å². The molecule has 0 saturated heterocycles. The molecule has 1 aromatic carbocycles. The van der Waals surface area contributed by atoms with Crippen molar-refractivity contribution < 1.29 is 19.1 Å². The molecule has 1 aromatic rings. The number of hydrogen-bond donors (Lipinski definition) is 1. The summed E-state index contributed by atoms with van der Waals surface area (Å²) in [5, 5.41) is 11.3. The molecule has 0 aliphatic rings. The van der Waals surface area contributed by atoms with E-state index in [-0.39, 0.29) is 30.9 Å². The predicted molar refractivity (Wildman–Crippen MR) is 80.1 cm³/mol. The summed E-state index contributed by atoms with van der Waals surface area (Å²) in [7, 11) is 0. The molecule has 0 heterocycles. The van der Waals surface area contributed by atoms with Crippen LogP contribution in [0.2, 0.25) is 0 Å². The van der Waals surface area contributed by atoms with Crippen molar-refractivity contribution in [2.45, 2.75) is 39.4 Å². The highest BCUT2D eigenvalue weighted by Crippen LogP contribution is 2.13. The molecular formula is C16H20N2O4. The number of amides is 1. The van der Waals surface area contributed by atoms with Crippen LogP contribution in [0.4, 0.5) is 0 Å². The van der Waals surface area contributed by atoms with E-state index in [4.69, 9.17) is 14.7 Å². The average molecular weight is 304 g/mol. The van der Waals surface area contributed by atoms with Gasteiger partial charge >= 0.3 is 5.97 Å². The van der Waals surface area contributed by atoms with Crippen LogP contribution >= 0.6 is 0 Å². The van der Waals surface area contributed by atoms with Gasteiger partial charge in [0.15, 0.2) is 6.10 Å². The van der Waals surface area contributed by atoms with E-state index >= 15 is 0 Å². The predicted octanol–water partition coefficient (Wildman–Crippen LogP) is 1.78. The summed E-state index contributed by atoms with van der Waals surface area (Å²) >= 11 is 0. The molecule has 0 aromatic heterocycles. The van der Waals surface area contributed by atoms with E-state index in [9.17, 15) is 9.59 Å². The van der Waals surface area contributed by atoms with Crippen molar-refractivity contribution >= 4 is 11.9 Å². The molecule has 22 heavy (non-hydrogen) atoms. The van der Waals surface area contributed by atoms with Gasteiger partial charge in [0, 0.05) is 6.54 Å². The Hall–Kier alpha value is -2.55. The monoisotopic (exact) mass is 304 g/mol. The van der Waals surface area contributed by atoms with Gasteiger partial charge in [0.25, 0.3) is 5.91 Å². The summed E-state index contributed by atoms with van der Waals surface area (Å²) < 4.78 is 10.4. The van der Waals surface area contributed by atoms with E-state index in [0.717, 1.165) is 0 Å². The summed E-state index contributed by atoms with van der Waals surface area (Å²) in [4.78, 5) is 23.2. The molecule has 0 bridgehead atoms. The summed E-state index contributed by atoms with van der Waals surface area (Å²) in [5.74, 6) is -0.168. The smallest absolute Gasteiger partial charge is 0.307 e.